The van der Waals surface area contributed by atoms with Gasteiger partial charge in [-0.2, -0.15) is 0 Å². The molecule has 1 aliphatic rings. The van der Waals surface area contributed by atoms with Gasteiger partial charge in [-0.05, 0) is 76.4 Å². The molecule has 0 unspecified atom stereocenters. The number of phenolic OH excluding ortho intramolecular Hbond substituents is 1. The maximum atomic E-state index is 10.8. The van der Waals surface area contributed by atoms with Crippen LogP contribution in [0.25, 0.3) is 33.5 Å². The summed E-state index contributed by atoms with van der Waals surface area (Å²) < 4.78 is 1.91. The van der Waals surface area contributed by atoms with E-state index in [1.807, 2.05) is 54.0 Å². The van der Waals surface area contributed by atoms with Gasteiger partial charge in [0.25, 0.3) is 0 Å². The van der Waals surface area contributed by atoms with Crippen molar-refractivity contribution in [1.29, 1.82) is 0 Å². The van der Waals surface area contributed by atoms with E-state index in [-0.39, 0.29) is 22.9 Å². The Morgan fingerprint density at radius 2 is 1.66 bits per heavy atom. The second-order valence-corrected chi connectivity index (χ2v) is 11.0. The molecule has 182 valence electrons. The lowest BCUT2D eigenvalue weighted by atomic mass is 9.80. The third-order valence-electron chi connectivity index (χ3n) is 6.55. The van der Waals surface area contributed by atoms with E-state index in [4.69, 9.17) is 0 Å². The van der Waals surface area contributed by atoms with Crippen LogP contribution in [0.15, 0.2) is 42.6 Å². The number of nitrogens with one attached hydrogen (secondary N) is 1. The van der Waals surface area contributed by atoms with E-state index in [0.29, 0.717) is 22.4 Å². The molecule has 35 heavy (non-hydrogen) atoms. The number of rotatable bonds is 4. The number of piperidine rings is 1. The highest BCUT2D eigenvalue weighted by atomic mass is 16.3. The Kier molecular flexibility index (Phi) is 5.47. The van der Waals surface area contributed by atoms with Gasteiger partial charge >= 0.3 is 0 Å². The number of aromatic nitrogens is 6. The van der Waals surface area contributed by atoms with Gasteiger partial charge in [0, 0.05) is 42.5 Å². The largest absolute Gasteiger partial charge is 0.507 e. The lowest BCUT2D eigenvalue weighted by Crippen LogP contribution is -2.58. The predicted octanol–water partition coefficient (Wildman–Crippen LogP) is 4.20. The van der Waals surface area contributed by atoms with Gasteiger partial charge in [0.15, 0.2) is 0 Å². The first-order valence-electron chi connectivity index (χ1n) is 11.9. The standard InChI is InChI=1S/C26H32N8O/c1-25(2)13-18(14-26(3,4)31-25)34-24-21(29-32-34)12-20(28-30-24)19-9-7-16(11-22(19)35)17-8-10-23(27-15-17)33(5)6/h7-12,15,18,31,35H,13-14H2,1-6H3. The lowest BCUT2D eigenvalue weighted by Gasteiger charge is -2.46. The van der Waals surface area contributed by atoms with Crippen LogP contribution >= 0.6 is 0 Å². The molecule has 9 nitrogen and oxygen atoms in total. The van der Waals surface area contributed by atoms with E-state index in [1.54, 1.807) is 12.3 Å². The Hall–Kier alpha value is -3.59. The molecule has 9 heteroatoms. The maximum absolute atomic E-state index is 10.8. The summed E-state index contributed by atoms with van der Waals surface area (Å²) in [5, 5.41) is 32.2. The average Bonchev–Trinajstić information content (AvgIpc) is 3.20. The van der Waals surface area contributed by atoms with Gasteiger partial charge < -0.3 is 15.3 Å². The third-order valence-corrected chi connectivity index (χ3v) is 6.55. The molecular formula is C26H32N8O. The quantitative estimate of drug-likeness (QED) is 0.455. The smallest absolute Gasteiger partial charge is 0.201 e. The summed E-state index contributed by atoms with van der Waals surface area (Å²) in [5.74, 6) is 1.00. The minimum atomic E-state index is -0.0199. The molecule has 2 N–H and O–H groups in total. The molecule has 3 aromatic heterocycles. The molecule has 1 saturated heterocycles. The predicted molar refractivity (Wildman–Crippen MR) is 137 cm³/mol. The van der Waals surface area contributed by atoms with Crippen LogP contribution in [0.1, 0.15) is 46.6 Å². The number of fused-ring (bicyclic) bond motifs is 1. The van der Waals surface area contributed by atoms with Crippen LogP contribution in [0.2, 0.25) is 0 Å². The first kappa shape index (κ1) is 23.2. The van der Waals surface area contributed by atoms with Crippen LogP contribution in [0, 0.1) is 0 Å². The van der Waals surface area contributed by atoms with Crippen molar-refractivity contribution in [2.75, 3.05) is 19.0 Å². The number of phenols is 1. The summed E-state index contributed by atoms with van der Waals surface area (Å²) in [6.45, 7) is 8.84. The van der Waals surface area contributed by atoms with E-state index in [0.717, 1.165) is 29.8 Å². The second-order valence-electron chi connectivity index (χ2n) is 11.0. The summed E-state index contributed by atoms with van der Waals surface area (Å²) in [7, 11) is 3.90. The Labute approximate surface area is 205 Å². The van der Waals surface area contributed by atoms with Gasteiger partial charge in [0.05, 0.1) is 11.7 Å². The van der Waals surface area contributed by atoms with Gasteiger partial charge in [-0.25, -0.2) is 9.67 Å². The molecule has 0 saturated carbocycles. The Balaban J connectivity index is 1.44. The van der Waals surface area contributed by atoms with Crippen LogP contribution in [-0.4, -0.2) is 60.5 Å². The van der Waals surface area contributed by atoms with Crippen LogP contribution in [0.5, 0.6) is 5.75 Å². The summed E-state index contributed by atoms with van der Waals surface area (Å²) in [6.07, 6.45) is 3.65. The van der Waals surface area contributed by atoms with E-state index in [9.17, 15) is 5.11 Å². The number of aromatic hydroxyl groups is 1. The van der Waals surface area contributed by atoms with Gasteiger partial charge in [0.2, 0.25) is 5.65 Å². The number of hydrogen-bond acceptors (Lipinski definition) is 8. The van der Waals surface area contributed by atoms with Crippen molar-refractivity contribution in [2.24, 2.45) is 0 Å². The van der Waals surface area contributed by atoms with E-state index in [1.165, 1.54) is 0 Å². The molecular weight excluding hydrogens is 440 g/mol. The van der Waals surface area contributed by atoms with E-state index in [2.05, 4.69) is 58.5 Å². The number of pyridine rings is 1. The molecule has 1 aromatic carbocycles. The molecule has 1 fully saturated rings. The molecule has 4 heterocycles. The monoisotopic (exact) mass is 472 g/mol. The third kappa shape index (κ3) is 4.55. The Morgan fingerprint density at radius 3 is 2.29 bits per heavy atom. The second kappa shape index (κ2) is 8.27. The van der Waals surface area contributed by atoms with Crippen LogP contribution in [-0.2, 0) is 0 Å². The van der Waals surface area contributed by atoms with Gasteiger partial charge in [0.1, 0.15) is 17.1 Å². The summed E-state index contributed by atoms with van der Waals surface area (Å²) in [4.78, 5) is 6.40. The Morgan fingerprint density at radius 1 is 0.943 bits per heavy atom. The van der Waals surface area contributed by atoms with Gasteiger partial charge in [-0.3, -0.25) is 0 Å². The van der Waals surface area contributed by atoms with Crippen LogP contribution in [0.4, 0.5) is 5.82 Å². The van der Waals surface area contributed by atoms with E-state index < -0.39 is 0 Å². The molecule has 0 radical (unpaired) electrons. The summed E-state index contributed by atoms with van der Waals surface area (Å²) in [5.41, 5.74) is 4.24. The zero-order chi connectivity index (χ0) is 25.0. The van der Waals surface area contributed by atoms with Crippen molar-refractivity contribution in [3.8, 4) is 28.1 Å². The van der Waals surface area contributed by atoms with Crippen molar-refractivity contribution in [3.05, 3.63) is 42.6 Å². The van der Waals surface area contributed by atoms with Crippen molar-refractivity contribution in [1.82, 2.24) is 35.5 Å². The molecule has 0 spiro atoms. The number of benzene rings is 1. The first-order valence-corrected chi connectivity index (χ1v) is 11.9. The van der Waals surface area contributed by atoms with Crippen LogP contribution < -0.4 is 10.2 Å². The van der Waals surface area contributed by atoms with Crippen molar-refractivity contribution in [3.63, 3.8) is 0 Å². The van der Waals surface area contributed by atoms with Crippen molar-refractivity contribution in [2.45, 2.75) is 57.7 Å². The summed E-state index contributed by atoms with van der Waals surface area (Å²) >= 11 is 0. The fourth-order valence-corrected chi connectivity index (χ4v) is 5.32. The first-order chi connectivity index (χ1) is 16.5. The molecule has 1 aliphatic heterocycles. The average molecular weight is 473 g/mol. The maximum Gasteiger partial charge on any atom is 0.201 e. The SMILES string of the molecule is CN(C)c1ccc(-c2ccc(-c3cc4nnn(C5CC(C)(C)NC(C)(C)C5)c4nn3)c(O)c2)cn1. The fourth-order valence-electron chi connectivity index (χ4n) is 5.32. The molecule has 5 rings (SSSR count). The molecule has 0 atom stereocenters. The van der Waals surface area contributed by atoms with Crippen LogP contribution in [0.3, 0.4) is 0 Å². The highest BCUT2D eigenvalue weighted by molar-refractivity contribution is 5.79. The summed E-state index contributed by atoms with van der Waals surface area (Å²) in [6, 6.07) is 11.5. The van der Waals surface area contributed by atoms with E-state index >= 15 is 0 Å². The van der Waals surface area contributed by atoms with Gasteiger partial charge in [-0.15, -0.1) is 15.3 Å². The minimum absolute atomic E-state index is 0.0199. The normalized spacial score (nSPS) is 17.5. The zero-order valence-electron chi connectivity index (χ0n) is 21.1. The lowest BCUT2D eigenvalue weighted by molar-refractivity contribution is 0.127. The molecule has 0 aliphatic carbocycles. The molecule has 0 bridgehead atoms. The molecule has 4 aromatic rings. The molecule has 0 amide bonds. The number of anilines is 1. The topological polar surface area (TPSA) is 105 Å². The highest BCUT2D eigenvalue weighted by Crippen LogP contribution is 2.37. The minimum Gasteiger partial charge on any atom is -0.507 e. The van der Waals surface area contributed by atoms with Gasteiger partial charge in [-0.1, -0.05) is 11.3 Å². The highest BCUT2D eigenvalue weighted by Gasteiger charge is 2.39. The number of hydrogen-bond donors (Lipinski definition) is 2. The fraction of sp³-hybridized carbons (Fsp3) is 0.423. The van der Waals surface area contributed by atoms with Crippen molar-refractivity contribution >= 4 is 17.0 Å². The zero-order valence-corrected chi connectivity index (χ0v) is 21.1. The number of nitrogens with zero attached hydrogens (tertiary/aromatic N) is 7. The van der Waals surface area contributed by atoms with Crippen molar-refractivity contribution < 1.29 is 5.11 Å². The Bertz CT molecular complexity index is 1360.